The third-order valence-electron chi connectivity index (χ3n) is 2.13. The Labute approximate surface area is 98.8 Å². The van der Waals surface area contributed by atoms with Crippen molar-refractivity contribution in [1.29, 1.82) is 0 Å². The van der Waals surface area contributed by atoms with Crippen molar-refractivity contribution >= 4 is 0 Å². The molecule has 96 valence electrons. The van der Waals surface area contributed by atoms with Crippen molar-refractivity contribution in [2.24, 2.45) is 0 Å². The van der Waals surface area contributed by atoms with E-state index in [1.165, 1.54) is 0 Å². The fourth-order valence-corrected chi connectivity index (χ4v) is 1.29. The Morgan fingerprint density at radius 2 is 1.88 bits per heavy atom. The number of ether oxygens (including phenoxy) is 1. The van der Waals surface area contributed by atoms with E-state index in [4.69, 9.17) is 4.74 Å². The zero-order valence-electron chi connectivity index (χ0n) is 9.63. The summed E-state index contributed by atoms with van der Waals surface area (Å²) in [5, 5.41) is 2.31. The molecule has 1 atom stereocenters. The third kappa shape index (κ3) is 6.97. The van der Waals surface area contributed by atoms with Gasteiger partial charge < -0.3 is 10.1 Å². The van der Waals surface area contributed by atoms with Crippen molar-refractivity contribution < 1.29 is 17.9 Å². The summed E-state index contributed by atoms with van der Waals surface area (Å²) in [6, 6.07) is 9.51. The molecule has 0 heterocycles. The molecule has 17 heavy (non-hydrogen) atoms. The van der Waals surface area contributed by atoms with Gasteiger partial charge in [0.2, 0.25) is 0 Å². The normalized spacial score (nSPS) is 13.6. The minimum Gasteiger partial charge on any atom is -0.373 e. The Kier molecular flexibility index (Phi) is 5.44. The zero-order valence-corrected chi connectivity index (χ0v) is 9.63. The Morgan fingerprint density at radius 3 is 2.47 bits per heavy atom. The van der Waals surface area contributed by atoms with Crippen LogP contribution in [0.15, 0.2) is 30.3 Å². The molecule has 0 spiro atoms. The molecule has 1 N–H and O–H groups in total. The lowest BCUT2D eigenvalue weighted by molar-refractivity contribution is -0.125. The van der Waals surface area contributed by atoms with Gasteiger partial charge >= 0.3 is 6.18 Å². The number of rotatable bonds is 6. The predicted octanol–water partition coefficient (Wildman–Crippen LogP) is 2.74. The van der Waals surface area contributed by atoms with Crippen LogP contribution >= 0.6 is 0 Å². The maximum absolute atomic E-state index is 11.9. The van der Waals surface area contributed by atoms with Crippen LogP contribution < -0.4 is 5.32 Å². The van der Waals surface area contributed by atoms with Crippen molar-refractivity contribution in [3.63, 3.8) is 0 Å². The summed E-state index contributed by atoms with van der Waals surface area (Å²) in [6.07, 6.45) is -4.42. The number of nitrogens with one attached hydrogen (secondary N) is 1. The molecule has 0 aliphatic carbocycles. The van der Waals surface area contributed by atoms with Crippen LogP contribution in [-0.4, -0.2) is 25.4 Å². The molecule has 0 radical (unpaired) electrons. The van der Waals surface area contributed by atoms with E-state index in [0.717, 1.165) is 5.56 Å². The molecule has 0 aliphatic heterocycles. The Hall–Kier alpha value is -1.07. The van der Waals surface area contributed by atoms with E-state index in [1.807, 2.05) is 30.3 Å². The lowest BCUT2D eigenvalue weighted by Crippen LogP contribution is -2.34. The predicted molar refractivity (Wildman–Crippen MR) is 59.6 cm³/mol. The van der Waals surface area contributed by atoms with Crippen LogP contribution in [0, 0.1) is 0 Å². The van der Waals surface area contributed by atoms with Crippen molar-refractivity contribution in [1.82, 2.24) is 5.32 Å². The molecule has 2 nitrogen and oxygen atoms in total. The zero-order chi connectivity index (χ0) is 12.7. The van der Waals surface area contributed by atoms with Gasteiger partial charge in [0, 0.05) is 6.54 Å². The molecule has 0 fully saturated rings. The van der Waals surface area contributed by atoms with Crippen LogP contribution in [0.25, 0.3) is 0 Å². The Morgan fingerprint density at radius 1 is 1.24 bits per heavy atom. The second-order valence-corrected chi connectivity index (χ2v) is 3.85. The maximum Gasteiger partial charge on any atom is 0.401 e. The van der Waals surface area contributed by atoms with E-state index in [-0.39, 0.29) is 12.6 Å². The molecule has 0 saturated carbocycles. The number of benzene rings is 1. The Bertz CT molecular complexity index is 313. The minimum absolute atomic E-state index is 0.187. The van der Waals surface area contributed by atoms with E-state index in [2.05, 4.69) is 5.32 Å². The van der Waals surface area contributed by atoms with E-state index in [0.29, 0.717) is 6.61 Å². The largest absolute Gasteiger partial charge is 0.401 e. The first-order chi connectivity index (χ1) is 7.97. The van der Waals surface area contributed by atoms with E-state index in [9.17, 15) is 13.2 Å². The topological polar surface area (TPSA) is 21.3 Å². The maximum atomic E-state index is 11.9. The minimum atomic E-state index is -4.17. The van der Waals surface area contributed by atoms with Gasteiger partial charge in [-0.1, -0.05) is 30.3 Å². The highest BCUT2D eigenvalue weighted by atomic mass is 19.4. The second kappa shape index (κ2) is 6.61. The summed E-state index contributed by atoms with van der Waals surface area (Å²) in [6.45, 7) is 1.36. The van der Waals surface area contributed by atoms with Gasteiger partial charge in [0.05, 0.1) is 19.3 Å². The summed E-state index contributed by atoms with van der Waals surface area (Å²) < 4.78 is 41.0. The van der Waals surface area contributed by atoms with Crippen molar-refractivity contribution in [2.75, 3.05) is 13.1 Å². The lowest BCUT2D eigenvalue weighted by Gasteiger charge is -2.15. The molecule has 0 aliphatic rings. The first kappa shape index (κ1) is 14.0. The highest BCUT2D eigenvalue weighted by Gasteiger charge is 2.26. The molecule has 0 bridgehead atoms. The van der Waals surface area contributed by atoms with Crippen molar-refractivity contribution in [3.8, 4) is 0 Å². The number of hydrogen-bond donors (Lipinski definition) is 1. The monoisotopic (exact) mass is 247 g/mol. The lowest BCUT2D eigenvalue weighted by atomic mass is 10.2. The molecule has 5 heteroatoms. The van der Waals surface area contributed by atoms with Gasteiger partial charge in [0.1, 0.15) is 0 Å². The summed E-state index contributed by atoms with van der Waals surface area (Å²) in [4.78, 5) is 0. The number of alkyl halides is 3. The summed E-state index contributed by atoms with van der Waals surface area (Å²) in [5.74, 6) is 0. The molecule has 0 saturated heterocycles. The summed E-state index contributed by atoms with van der Waals surface area (Å²) >= 11 is 0. The number of hydrogen-bond acceptors (Lipinski definition) is 2. The quantitative estimate of drug-likeness (QED) is 0.834. The van der Waals surface area contributed by atoms with Crippen LogP contribution in [0.4, 0.5) is 13.2 Å². The van der Waals surface area contributed by atoms with Gasteiger partial charge in [-0.15, -0.1) is 0 Å². The molecule has 1 unspecified atom stereocenters. The summed E-state index contributed by atoms with van der Waals surface area (Å²) in [7, 11) is 0. The van der Waals surface area contributed by atoms with Crippen LogP contribution in [0.1, 0.15) is 12.5 Å². The fraction of sp³-hybridized carbons (Fsp3) is 0.500. The highest BCUT2D eigenvalue weighted by Crippen LogP contribution is 2.12. The molecular formula is C12H16F3NO. The van der Waals surface area contributed by atoms with Gasteiger partial charge in [0.25, 0.3) is 0 Å². The fourth-order valence-electron chi connectivity index (χ4n) is 1.29. The highest BCUT2D eigenvalue weighted by molar-refractivity contribution is 5.13. The smallest absolute Gasteiger partial charge is 0.373 e. The molecular weight excluding hydrogens is 231 g/mol. The van der Waals surface area contributed by atoms with E-state index in [1.54, 1.807) is 6.92 Å². The van der Waals surface area contributed by atoms with Gasteiger partial charge in [-0.2, -0.15) is 13.2 Å². The number of halogens is 3. The van der Waals surface area contributed by atoms with Crippen LogP contribution in [0.5, 0.6) is 0 Å². The average molecular weight is 247 g/mol. The van der Waals surface area contributed by atoms with Crippen LogP contribution in [-0.2, 0) is 11.3 Å². The molecule has 1 aromatic carbocycles. The molecule has 0 aromatic heterocycles. The molecule has 0 amide bonds. The van der Waals surface area contributed by atoms with Gasteiger partial charge in [0.15, 0.2) is 0 Å². The van der Waals surface area contributed by atoms with E-state index >= 15 is 0 Å². The first-order valence-electron chi connectivity index (χ1n) is 5.40. The standard InChI is InChI=1S/C12H16F3NO/c1-10(7-16-9-12(13,14)15)17-8-11-5-3-2-4-6-11/h2-6,10,16H,7-9H2,1H3. The van der Waals surface area contributed by atoms with Crippen LogP contribution in [0.3, 0.4) is 0 Å². The van der Waals surface area contributed by atoms with Gasteiger partial charge in [-0.05, 0) is 12.5 Å². The second-order valence-electron chi connectivity index (χ2n) is 3.85. The molecule has 1 aromatic rings. The molecule has 1 rings (SSSR count). The van der Waals surface area contributed by atoms with Crippen LogP contribution in [0.2, 0.25) is 0 Å². The van der Waals surface area contributed by atoms with Crippen molar-refractivity contribution in [2.45, 2.75) is 25.8 Å². The average Bonchev–Trinajstić information content (AvgIpc) is 2.26. The van der Waals surface area contributed by atoms with Crippen molar-refractivity contribution in [3.05, 3.63) is 35.9 Å². The summed E-state index contributed by atoms with van der Waals surface area (Å²) in [5.41, 5.74) is 1.01. The first-order valence-corrected chi connectivity index (χ1v) is 5.40. The van der Waals surface area contributed by atoms with E-state index < -0.39 is 12.7 Å². The van der Waals surface area contributed by atoms with Gasteiger partial charge in [-0.3, -0.25) is 0 Å². The van der Waals surface area contributed by atoms with Gasteiger partial charge in [-0.25, -0.2) is 0 Å². The SMILES string of the molecule is CC(CNCC(F)(F)F)OCc1ccccc1. The third-order valence-corrected chi connectivity index (χ3v) is 2.13. The Balaban J connectivity index is 2.15.